The zero-order chi connectivity index (χ0) is 21.0. The van der Waals surface area contributed by atoms with Gasteiger partial charge in [-0.05, 0) is 71.6 Å². The minimum Gasteiger partial charge on any atom is -0.871 e. The van der Waals surface area contributed by atoms with Crippen LogP contribution < -0.4 is 10.5 Å². The molecule has 2 aliphatic rings. The first-order chi connectivity index (χ1) is 13.7. The van der Waals surface area contributed by atoms with Crippen LogP contribution in [0.1, 0.15) is 17.8 Å². The first kappa shape index (κ1) is 23.0. The van der Waals surface area contributed by atoms with Crippen LogP contribution in [0, 0.1) is 0 Å². The number of aromatic carboxylic acids is 1. The predicted octanol–water partition coefficient (Wildman–Crippen LogP) is 7.02. The molecule has 2 aromatic carbocycles. The Hall–Kier alpha value is -1.68. The van der Waals surface area contributed by atoms with Crippen LogP contribution in [-0.2, 0) is 0 Å². The van der Waals surface area contributed by atoms with E-state index in [0.29, 0.717) is 31.0 Å². The van der Waals surface area contributed by atoms with Crippen molar-refractivity contribution in [2.24, 2.45) is 0 Å². The van der Waals surface area contributed by atoms with E-state index in [0.717, 1.165) is 0 Å². The van der Waals surface area contributed by atoms with E-state index >= 15 is 0 Å². The van der Waals surface area contributed by atoms with Gasteiger partial charge in [-0.25, -0.2) is 4.79 Å². The van der Waals surface area contributed by atoms with Crippen molar-refractivity contribution in [2.45, 2.75) is 7.43 Å². The predicted molar refractivity (Wildman–Crippen MR) is 128 cm³/mol. The first-order valence-corrected chi connectivity index (χ1v) is 11.2. The minimum absolute atomic E-state index is 0. The second kappa shape index (κ2) is 8.45. The number of carboxylic acid groups (broad SMARTS) is 1. The zero-order valence-corrected chi connectivity index (χ0v) is 20.4. The summed E-state index contributed by atoms with van der Waals surface area (Å²) < 4.78 is 6.87. The Morgan fingerprint density at radius 2 is 1.63 bits per heavy atom. The normalized spacial score (nSPS) is 10.9. The molecule has 30 heavy (non-hydrogen) atoms. The third kappa shape index (κ3) is 3.51. The summed E-state index contributed by atoms with van der Waals surface area (Å²) in [7, 11) is 0. The summed E-state index contributed by atoms with van der Waals surface area (Å²) in [4.78, 5) is 24.3. The number of halogens is 4. The molecule has 0 bridgehead atoms. The minimum atomic E-state index is -1.10. The lowest BCUT2D eigenvalue weighted by Crippen LogP contribution is -2.08. The van der Waals surface area contributed by atoms with E-state index in [1.54, 1.807) is 30.3 Å². The van der Waals surface area contributed by atoms with Crippen LogP contribution in [0.25, 0.3) is 33.4 Å². The Bertz CT molecular complexity index is 1360. The molecule has 0 fully saturated rings. The van der Waals surface area contributed by atoms with Crippen LogP contribution in [0.5, 0.6) is 5.75 Å². The topological polar surface area (TPSA) is 90.6 Å². The van der Waals surface area contributed by atoms with Crippen molar-refractivity contribution >= 4 is 80.7 Å². The molecule has 4 rings (SSSR count). The lowest BCUT2D eigenvalue weighted by atomic mass is 9.91. The smallest absolute Gasteiger partial charge is 0.336 e. The van der Waals surface area contributed by atoms with Crippen molar-refractivity contribution in [3.63, 3.8) is 0 Å². The molecular weight excluding hydrogens is 652 g/mol. The maximum absolute atomic E-state index is 12.4. The molecule has 0 saturated heterocycles. The number of hydrogen-bond acceptors (Lipinski definition) is 4. The lowest BCUT2D eigenvalue weighted by molar-refractivity contribution is -0.270. The highest BCUT2D eigenvalue weighted by atomic mass is 79.9. The third-order valence-corrected chi connectivity index (χ3v) is 7.05. The third-order valence-electron chi connectivity index (χ3n) is 4.43. The molecule has 1 aliphatic heterocycles. The molecule has 5 nitrogen and oxygen atoms in total. The monoisotopic (exact) mass is 659 g/mol. The second-order valence-electron chi connectivity index (χ2n) is 6.08. The summed E-state index contributed by atoms with van der Waals surface area (Å²) in [5.74, 6) is -1.21. The number of fused-ring (bicyclic) bond motifs is 2. The highest BCUT2D eigenvalue weighted by Crippen LogP contribution is 2.48. The van der Waals surface area contributed by atoms with E-state index in [1.165, 1.54) is 6.07 Å². The SMILES string of the molecule is C.O=C(O)c1ccccc1-c1c2cc(Br)c(=O)c(Br)c-2oc2c(Br)c([O-])c(Br)cc12. The highest BCUT2D eigenvalue weighted by Gasteiger charge is 2.26. The number of hydrogen-bond donors (Lipinski definition) is 1. The summed E-state index contributed by atoms with van der Waals surface area (Å²) in [5.41, 5.74) is 1.44. The van der Waals surface area contributed by atoms with Crippen molar-refractivity contribution in [1.82, 2.24) is 0 Å². The van der Waals surface area contributed by atoms with Crippen molar-refractivity contribution in [1.29, 1.82) is 0 Å². The van der Waals surface area contributed by atoms with Crippen LogP contribution in [-0.4, -0.2) is 11.1 Å². The number of carboxylic acids is 1. The molecule has 154 valence electrons. The van der Waals surface area contributed by atoms with Crippen LogP contribution in [0.3, 0.4) is 0 Å². The molecule has 0 atom stereocenters. The van der Waals surface area contributed by atoms with Gasteiger partial charge in [-0.15, -0.1) is 0 Å². The molecule has 0 unspecified atom stereocenters. The molecule has 9 heteroatoms. The van der Waals surface area contributed by atoms with Crippen LogP contribution in [0.4, 0.5) is 0 Å². The van der Waals surface area contributed by atoms with Gasteiger partial charge in [-0.2, -0.15) is 0 Å². The largest absolute Gasteiger partial charge is 0.871 e. The fourth-order valence-corrected chi connectivity index (χ4v) is 5.57. The molecule has 0 amide bonds. The van der Waals surface area contributed by atoms with Crippen LogP contribution >= 0.6 is 63.7 Å². The van der Waals surface area contributed by atoms with E-state index in [1.807, 2.05) is 0 Å². The number of benzene rings is 3. The van der Waals surface area contributed by atoms with Crippen molar-refractivity contribution in [3.05, 3.63) is 70.1 Å². The van der Waals surface area contributed by atoms with Gasteiger partial charge >= 0.3 is 5.97 Å². The summed E-state index contributed by atoms with van der Waals surface area (Å²) in [5, 5.41) is 22.7. The average Bonchev–Trinajstić information content (AvgIpc) is 2.69. The van der Waals surface area contributed by atoms with Gasteiger partial charge in [0.2, 0.25) is 5.43 Å². The highest BCUT2D eigenvalue weighted by molar-refractivity contribution is 9.11. The molecule has 1 heterocycles. The summed E-state index contributed by atoms with van der Waals surface area (Å²) in [6, 6.07) is 9.71. The summed E-state index contributed by atoms with van der Waals surface area (Å²) >= 11 is 13.1. The van der Waals surface area contributed by atoms with Crippen LogP contribution in [0.2, 0.25) is 0 Å². The maximum atomic E-state index is 12.4. The van der Waals surface area contributed by atoms with Gasteiger partial charge in [-0.3, -0.25) is 4.79 Å². The van der Waals surface area contributed by atoms with Crippen molar-refractivity contribution < 1.29 is 19.4 Å². The van der Waals surface area contributed by atoms with E-state index in [2.05, 4.69) is 63.7 Å². The molecule has 0 radical (unpaired) electrons. The fraction of sp³-hybridized carbons (Fsp3) is 0.0476. The van der Waals surface area contributed by atoms with E-state index < -0.39 is 5.97 Å². The van der Waals surface area contributed by atoms with Gasteiger partial charge in [0.1, 0.15) is 10.1 Å². The van der Waals surface area contributed by atoms with Gasteiger partial charge in [-0.1, -0.05) is 47.3 Å². The molecule has 2 aromatic rings. The second-order valence-corrected chi connectivity index (χ2v) is 9.38. The zero-order valence-electron chi connectivity index (χ0n) is 14.1. The maximum Gasteiger partial charge on any atom is 0.336 e. The van der Waals surface area contributed by atoms with E-state index in [4.69, 9.17) is 4.42 Å². The van der Waals surface area contributed by atoms with Crippen molar-refractivity contribution in [2.75, 3.05) is 0 Å². The Morgan fingerprint density at radius 1 is 0.967 bits per heavy atom. The molecular formula is C21H11Br4O5-. The molecule has 1 aliphatic carbocycles. The quantitative estimate of drug-likeness (QED) is 0.233. The number of rotatable bonds is 2. The number of carbonyl (C=O) groups is 1. The Morgan fingerprint density at radius 3 is 2.30 bits per heavy atom. The summed E-state index contributed by atoms with van der Waals surface area (Å²) in [6.45, 7) is 0. The molecule has 0 spiro atoms. The molecule has 0 aromatic heterocycles. The first-order valence-electron chi connectivity index (χ1n) is 7.98. The Balaban J connectivity index is 0.00000256. The fourth-order valence-electron chi connectivity index (χ4n) is 3.16. The van der Waals surface area contributed by atoms with E-state index in [9.17, 15) is 19.8 Å². The standard InChI is InChI=1S/C20H8Br4O5.CH4/c21-11-5-9-13(7-3-1-2-4-8(7)20(27)28)10-6-12(22)17(26)15(24)19(10)29-18(9)14(23)16(11)25;/h1-6,25H,(H,27,28);1H4/p-1. The Kier molecular flexibility index (Phi) is 6.48. The lowest BCUT2D eigenvalue weighted by Gasteiger charge is -2.21. The van der Waals surface area contributed by atoms with Gasteiger partial charge in [0.15, 0.2) is 5.76 Å². The molecule has 0 saturated carbocycles. The van der Waals surface area contributed by atoms with Gasteiger partial charge in [0.05, 0.1) is 14.5 Å². The van der Waals surface area contributed by atoms with Gasteiger partial charge in [0, 0.05) is 21.0 Å². The van der Waals surface area contributed by atoms with Gasteiger partial charge < -0.3 is 14.6 Å². The average molecular weight is 663 g/mol. The Labute approximate surface area is 204 Å². The molecule has 1 N–H and O–H groups in total. The van der Waals surface area contributed by atoms with Crippen molar-refractivity contribution in [3.8, 4) is 28.2 Å². The van der Waals surface area contributed by atoms with Crippen LogP contribution in [0.15, 0.2) is 63.5 Å². The van der Waals surface area contributed by atoms with E-state index in [-0.39, 0.29) is 44.5 Å². The van der Waals surface area contributed by atoms with Gasteiger partial charge in [0.25, 0.3) is 0 Å². The summed E-state index contributed by atoms with van der Waals surface area (Å²) in [6.07, 6.45) is 0.